The fourth-order valence-electron chi connectivity index (χ4n) is 8.75. The molecule has 0 radical (unpaired) electrons. The van der Waals surface area contributed by atoms with Crippen LogP contribution >= 0.6 is 0 Å². The average molecular weight is 732 g/mol. The summed E-state index contributed by atoms with van der Waals surface area (Å²) in [6, 6.07) is -0.261. The van der Waals surface area contributed by atoms with Gasteiger partial charge in [0.2, 0.25) is 0 Å². The van der Waals surface area contributed by atoms with E-state index in [4.69, 9.17) is 28.4 Å². The third kappa shape index (κ3) is 8.46. The molecule has 4 heterocycles. The monoisotopic (exact) mass is 731 g/mol. The van der Waals surface area contributed by atoms with Gasteiger partial charge < -0.3 is 64.0 Å². The van der Waals surface area contributed by atoms with Gasteiger partial charge in [0.1, 0.15) is 35.3 Å². The Balaban J connectivity index is 1.85. The fraction of sp³-hybridized carbons (Fsp3) is 0.919. The van der Waals surface area contributed by atoms with Crippen LogP contribution in [0.2, 0.25) is 0 Å². The third-order valence-corrected chi connectivity index (χ3v) is 11.9. The van der Waals surface area contributed by atoms with Crippen molar-refractivity contribution in [3.05, 3.63) is 11.3 Å². The number of nitrogens with zero attached hydrogens (tertiary/aromatic N) is 1. The second-order valence-electron chi connectivity index (χ2n) is 16.6. The van der Waals surface area contributed by atoms with Gasteiger partial charge in [-0.3, -0.25) is 4.79 Å². The number of rotatable bonds is 7. The van der Waals surface area contributed by atoms with Gasteiger partial charge in [-0.2, -0.15) is 0 Å². The molecule has 2 bridgehead atoms. The van der Waals surface area contributed by atoms with Crippen molar-refractivity contribution in [2.75, 3.05) is 13.6 Å². The van der Waals surface area contributed by atoms with E-state index in [1.807, 2.05) is 46.6 Å². The van der Waals surface area contributed by atoms with Crippen LogP contribution in [0.5, 0.6) is 0 Å². The molecule has 4 aliphatic heterocycles. The van der Waals surface area contributed by atoms with Crippen molar-refractivity contribution in [1.82, 2.24) is 4.90 Å². The minimum atomic E-state index is -2.11. The molecule has 0 aliphatic carbocycles. The minimum Gasteiger partial charge on any atom is -0.489 e. The van der Waals surface area contributed by atoms with Crippen LogP contribution in [-0.4, -0.2) is 145 Å². The van der Waals surface area contributed by atoms with Crippen molar-refractivity contribution in [1.29, 1.82) is 0 Å². The van der Waals surface area contributed by atoms with Crippen molar-refractivity contribution in [3.8, 4) is 0 Å². The lowest BCUT2D eigenvalue weighted by molar-refractivity contribution is -0.315. The van der Waals surface area contributed by atoms with E-state index < -0.39 is 102 Å². The first-order valence-corrected chi connectivity index (χ1v) is 18.5. The molecule has 14 heteroatoms. The molecule has 14 nitrogen and oxygen atoms in total. The van der Waals surface area contributed by atoms with Crippen LogP contribution in [0.3, 0.4) is 0 Å². The Morgan fingerprint density at radius 3 is 2.18 bits per heavy atom. The molecule has 18 atom stereocenters. The zero-order chi connectivity index (χ0) is 38.5. The molecule has 296 valence electrons. The summed E-state index contributed by atoms with van der Waals surface area (Å²) < 4.78 is 38.3. The molecule has 0 aromatic heterocycles. The third-order valence-electron chi connectivity index (χ3n) is 11.9. The number of hydrogen-bond donors (Lipinski definition) is 6. The Kier molecular flexibility index (Phi) is 13.1. The van der Waals surface area contributed by atoms with Crippen LogP contribution in [-0.2, 0) is 33.2 Å². The highest BCUT2D eigenvalue weighted by atomic mass is 16.7. The molecule has 0 aromatic rings. The van der Waals surface area contributed by atoms with E-state index in [0.717, 1.165) is 5.57 Å². The highest BCUT2D eigenvalue weighted by molar-refractivity contribution is 5.73. The molecule has 0 saturated carbocycles. The lowest BCUT2D eigenvalue weighted by atomic mass is 9.78. The minimum absolute atomic E-state index is 0.116. The van der Waals surface area contributed by atoms with Crippen LogP contribution in [0.1, 0.15) is 95.4 Å². The summed E-state index contributed by atoms with van der Waals surface area (Å²) in [4.78, 5) is 16.1. The van der Waals surface area contributed by atoms with Gasteiger partial charge in [-0.1, -0.05) is 20.8 Å². The van der Waals surface area contributed by atoms with Gasteiger partial charge >= 0.3 is 5.97 Å². The number of hydrogen-bond acceptors (Lipinski definition) is 14. The first-order chi connectivity index (χ1) is 23.5. The normalized spacial score (nSPS) is 49.4. The number of fused-ring (bicyclic) bond motifs is 2. The van der Waals surface area contributed by atoms with Gasteiger partial charge in [-0.25, -0.2) is 0 Å². The number of likely N-dealkylation sites (N-methyl/N-ethyl adjacent to an activating group) is 1. The van der Waals surface area contributed by atoms with E-state index in [1.165, 1.54) is 20.8 Å². The van der Waals surface area contributed by atoms with E-state index in [-0.39, 0.29) is 18.6 Å². The van der Waals surface area contributed by atoms with Gasteiger partial charge in [0, 0.05) is 30.7 Å². The topological polar surface area (TPSA) is 197 Å². The summed E-state index contributed by atoms with van der Waals surface area (Å²) in [5.41, 5.74) is -4.04. The number of esters is 1. The predicted octanol–water partition coefficient (Wildman–Crippen LogP) is 1.60. The lowest BCUT2D eigenvalue weighted by Crippen LogP contribution is -2.60. The second-order valence-corrected chi connectivity index (χ2v) is 16.6. The number of carbonyl (C=O) groups excluding carboxylic acids is 1. The maximum Gasteiger partial charge on any atom is 0.311 e. The summed E-state index contributed by atoms with van der Waals surface area (Å²) in [6.07, 6.45) is -11.1. The Morgan fingerprint density at radius 2 is 1.61 bits per heavy atom. The SMILES string of the molecule is CCN(C)[C@H]1C[C@@H](C)O[C@@H](O[C@@H]2[C@@H](C)[C@H](O[C@H]3C[C@@](C)(O)[C@@H](O)[C@H](C)O3)[C@@H](C)C(=O)O[C@H](C(C)O)[C@@](C)(O)[C@H](O)[C@H](C)C3=C(C)C[C@@]2(C)O3)[C@@H]1O. The lowest BCUT2D eigenvalue weighted by Gasteiger charge is -2.48. The summed E-state index contributed by atoms with van der Waals surface area (Å²) >= 11 is 0. The molecule has 0 aromatic carbocycles. The van der Waals surface area contributed by atoms with Crippen LogP contribution in [0.15, 0.2) is 11.3 Å². The molecular weight excluding hydrogens is 666 g/mol. The van der Waals surface area contributed by atoms with Crippen molar-refractivity contribution in [2.45, 2.75) is 186 Å². The van der Waals surface area contributed by atoms with Crippen LogP contribution in [0.4, 0.5) is 0 Å². The Morgan fingerprint density at radius 1 is 0.980 bits per heavy atom. The summed E-state index contributed by atoms with van der Waals surface area (Å²) in [7, 11) is 1.93. The molecule has 0 amide bonds. The van der Waals surface area contributed by atoms with Gasteiger partial charge in [0.15, 0.2) is 18.7 Å². The number of ether oxygens (including phenoxy) is 6. The maximum absolute atomic E-state index is 14.1. The molecule has 3 fully saturated rings. The van der Waals surface area contributed by atoms with E-state index in [0.29, 0.717) is 25.1 Å². The quantitative estimate of drug-likeness (QED) is 0.207. The highest BCUT2D eigenvalue weighted by Crippen LogP contribution is 2.47. The number of carbonyl (C=O) groups is 1. The first kappa shape index (κ1) is 42.3. The van der Waals surface area contributed by atoms with Crippen LogP contribution in [0.25, 0.3) is 0 Å². The smallest absolute Gasteiger partial charge is 0.311 e. The Bertz CT molecular complexity index is 1240. The average Bonchev–Trinajstić information content (AvgIpc) is 3.36. The molecule has 51 heavy (non-hydrogen) atoms. The summed E-state index contributed by atoms with van der Waals surface area (Å²) in [6.45, 7) is 19.2. The van der Waals surface area contributed by atoms with E-state index in [2.05, 4.69) is 0 Å². The van der Waals surface area contributed by atoms with Crippen molar-refractivity contribution >= 4 is 5.97 Å². The van der Waals surface area contributed by atoms with E-state index in [1.54, 1.807) is 20.8 Å². The van der Waals surface area contributed by atoms with Crippen molar-refractivity contribution in [3.63, 3.8) is 0 Å². The van der Waals surface area contributed by atoms with Crippen molar-refractivity contribution < 1.29 is 63.9 Å². The Hall–Kier alpha value is -1.43. The summed E-state index contributed by atoms with van der Waals surface area (Å²) in [5.74, 6) is -3.02. The van der Waals surface area contributed by atoms with Crippen LogP contribution in [0, 0.1) is 17.8 Å². The Labute approximate surface area is 303 Å². The fourth-order valence-corrected chi connectivity index (χ4v) is 8.75. The number of aliphatic hydroxyl groups excluding tert-OH is 4. The molecule has 0 spiro atoms. The largest absolute Gasteiger partial charge is 0.489 e. The zero-order valence-corrected chi connectivity index (χ0v) is 32.5. The molecule has 1 unspecified atom stereocenters. The van der Waals surface area contributed by atoms with Gasteiger partial charge in [-0.15, -0.1) is 0 Å². The van der Waals surface area contributed by atoms with Gasteiger partial charge in [-0.05, 0) is 81.0 Å². The van der Waals surface area contributed by atoms with Gasteiger partial charge in [0.05, 0.1) is 42.0 Å². The highest BCUT2D eigenvalue weighted by Gasteiger charge is 2.56. The van der Waals surface area contributed by atoms with Crippen LogP contribution < -0.4 is 0 Å². The molecule has 4 rings (SSSR count). The van der Waals surface area contributed by atoms with Crippen molar-refractivity contribution in [2.24, 2.45) is 17.8 Å². The predicted molar refractivity (Wildman–Crippen MR) is 185 cm³/mol. The number of aliphatic hydroxyl groups is 6. The number of cyclic esters (lactones) is 1. The second kappa shape index (κ2) is 15.7. The molecule has 3 saturated heterocycles. The molecule has 4 aliphatic rings. The molecule has 6 N–H and O–H groups in total. The zero-order valence-electron chi connectivity index (χ0n) is 32.5. The summed E-state index contributed by atoms with van der Waals surface area (Å²) in [5, 5.41) is 67.5. The van der Waals surface area contributed by atoms with E-state index >= 15 is 0 Å². The van der Waals surface area contributed by atoms with E-state index in [9.17, 15) is 35.4 Å². The molecular formula is C37H65NO13. The van der Waals surface area contributed by atoms with Gasteiger partial charge in [0.25, 0.3) is 0 Å². The first-order valence-electron chi connectivity index (χ1n) is 18.5. The maximum atomic E-state index is 14.1. The standard InChI is InChI=1S/C37H65NO13/c1-13-38(12)24-14-18(3)46-34(26(24)40)50-31-20(5)28(48-25-16-35(9,44)30(42)23(8)47-25)21(6)33(43)49-32(22(7)39)37(11,45)29(41)19(4)27-17(2)15-36(31,10)51-27/h18-26,28-32,34,39-42,44-45H,13-16H2,1-12H3/t18-,19-,20+,21-,22?,23+,24+,25+,26-,28+,29-,30+,31-,32-,34+,35-,36-,37+/m1/s1.